The Balaban J connectivity index is 1.74. The highest BCUT2D eigenvalue weighted by Gasteiger charge is 2.34. The van der Waals surface area contributed by atoms with Crippen LogP contribution in [0.1, 0.15) is 49.3 Å². The summed E-state index contributed by atoms with van der Waals surface area (Å²) < 4.78 is 40.1. The standard InChI is InChI=1S/C33H41N3O6S/c1-23-14-17-29(18-15-23)43(39,40)36(28-16-19-30(41-4)31(20-28)42-5)22-32(37)35(21-26-11-7-6-10-24(26)2)25(3)33(38)34-27-12-8-9-13-27/h6-7,10-11,14-20,25,27H,8-9,12-13,21-22H2,1-5H3,(H,34,38)/t25-/m1/s1. The Labute approximate surface area is 254 Å². The van der Waals surface area contributed by atoms with Crippen LogP contribution in [0.15, 0.2) is 71.6 Å². The number of carbonyl (C=O) groups excluding carboxylic acids is 2. The average Bonchev–Trinajstić information content (AvgIpc) is 3.51. The minimum atomic E-state index is -4.20. The van der Waals surface area contributed by atoms with Gasteiger partial charge in [-0.05, 0) is 69.0 Å². The van der Waals surface area contributed by atoms with E-state index in [2.05, 4.69) is 5.32 Å². The van der Waals surface area contributed by atoms with E-state index in [9.17, 15) is 18.0 Å². The van der Waals surface area contributed by atoms with E-state index in [4.69, 9.17) is 9.47 Å². The molecule has 1 aliphatic rings. The first-order chi connectivity index (χ1) is 20.5. The van der Waals surface area contributed by atoms with Crippen LogP contribution in [0.2, 0.25) is 0 Å². The zero-order chi connectivity index (χ0) is 31.1. The molecule has 0 bridgehead atoms. The maximum atomic E-state index is 14.2. The van der Waals surface area contributed by atoms with Gasteiger partial charge in [0.2, 0.25) is 11.8 Å². The molecule has 1 atom stereocenters. The number of rotatable bonds is 12. The molecule has 2 amide bonds. The van der Waals surface area contributed by atoms with E-state index < -0.39 is 28.5 Å². The van der Waals surface area contributed by atoms with Crippen LogP contribution in [0.5, 0.6) is 11.5 Å². The second-order valence-electron chi connectivity index (χ2n) is 11.0. The number of ether oxygens (including phenoxy) is 2. The number of nitrogens with zero attached hydrogens (tertiary/aromatic N) is 2. The highest BCUT2D eigenvalue weighted by Crippen LogP contribution is 2.34. The fraction of sp³-hybridized carbons (Fsp3) is 0.394. The predicted octanol–water partition coefficient (Wildman–Crippen LogP) is 4.99. The number of anilines is 1. The molecule has 1 N–H and O–H groups in total. The number of sulfonamides is 1. The van der Waals surface area contributed by atoms with Gasteiger partial charge in [0.25, 0.3) is 10.0 Å². The lowest BCUT2D eigenvalue weighted by molar-refractivity contribution is -0.139. The molecule has 1 saturated carbocycles. The van der Waals surface area contributed by atoms with Crippen molar-refractivity contribution in [3.05, 3.63) is 83.4 Å². The highest BCUT2D eigenvalue weighted by atomic mass is 32.2. The van der Waals surface area contributed by atoms with Crippen LogP contribution in [0.4, 0.5) is 5.69 Å². The molecule has 0 radical (unpaired) electrons. The Kier molecular flexibility index (Phi) is 10.3. The second kappa shape index (κ2) is 13.9. The van der Waals surface area contributed by atoms with E-state index in [1.165, 1.54) is 37.3 Å². The van der Waals surface area contributed by atoms with Crippen molar-refractivity contribution < 1.29 is 27.5 Å². The van der Waals surface area contributed by atoms with E-state index in [0.29, 0.717) is 11.5 Å². The molecular formula is C33H41N3O6S. The van der Waals surface area contributed by atoms with Gasteiger partial charge >= 0.3 is 0 Å². The maximum absolute atomic E-state index is 14.2. The lowest BCUT2D eigenvalue weighted by atomic mass is 10.1. The first kappa shape index (κ1) is 31.9. The van der Waals surface area contributed by atoms with Crippen molar-refractivity contribution in [2.24, 2.45) is 0 Å². The molecule has 9 nitrogen and oxygen atoms in total. The van der Waals surface area contributed by atoms with Crippen molar-refractivity contribution in [2.45, 2.75) is 70.0 Å². The van der Waals surface area contributed by atoms with Crippen LogP contribution in [0.3, 0.4) is 0 Å². The van der Waals surface area contributed by atoms with Crippen molar-refractivity contribution in [2.75, 3.05) is 25.1 Å². The summed E-state index contributed by atoms with van der Waals surface area (Å²) in [6.45, 7) is 5.12. The van der Waals surface area contributed by atoms with E-state index in [-0.39, 0.29) is 29.1 Å². The van der Waals surface area contributed by atoms with E-state index in [1.807, 2.05) is 38.1 Å². The number of benzene rings is 3. The molecular weight excluding hydrogens is 566 g/mol. The Hall–Kier alpha value is -4.05. The van der Waals surface area contributed by atoms with Gasteiger partial charge in [0.15, 0.2) is 11.5 Å². The zero-order valence-electron chi connectivity index (χ0n) is 25.5. The summed E-state index contributed by atoms with van der Waals surface area (Å²) >= 11 is 0. The van der Waals surface area contributed by atoms with E-state index in [1.54, 1.807) is 31.2 Å². The topological polar surface area (TPSA) is 105 Å². The van der Waals surface area contributed by atoms with Crippen LogP contribution < -0.4 is 19.1 Å². The molecule has 4 rings (SSSR count). The Morgan fingerprint density at radius 2 is 1.58 bits per heavy atom. The zero-order valence-corrected chi connectivity index (χ0v) is 26.3. The summed E-state index contributed by atoms with van der Waals surface area (Å²) in [5.41, 5.74) is 2.97. The molecule has 0 aromatic heterocycles. The second-order valence-corrected chi connectivity index (χ2v) is 12.8. The van der Waals surface area contributed by atoms with Gasteiger partial charge in [0.05, 0.1) is 24.8 Å². The number of amides is 2. The van der Waals surface area contributed by atoms with Gasteiger partial charge in [-0.2, -0.15) is 0 Å². The Morgan fingerprint density at radius 1 is 0.930 bits per heavy atom. The van der Waals surface area contributed by atoms with Crippen molar-refractivity contribution in [1.82, 2.24) is 10.2 Å². The van der Waals surface area contributed by atoms with Crippen molar-refractivity contribution in [1.29, 1.82) is 0 Å². The van der Waals surface area contributed by atoms with Crippen LogP contribution >= 0.6 is 0 Å². The molecule has 3 aromatic carbocycles. The third-order valence-corrected chi connectivity index (χ3v) is 9.80. The fourth-order valence-corrected chi connectivity index (χ4v) is 6.70. The summed E-state index contributed by atoms with van der Waals surface area (Å²) in [5.74, 6) is -0.0306. The first-order valence-electron chi connectivity index (χ1n) is 14.5. The molecule has 10 heteroatoms. The highest BCUT2D eigenvalue weighted by molar-refractivity contribution is 7.92. The van der Waals surface area contributed by atoms with Gasteiger partial charge < -0.3 is 19.7 Å². The molecule has 0 spiro atoms. The number of nitrogens with one attached hydrogen (secondary N) is 1. The van der Waals surface area contributed by atoms with E-state index >= 15 is 0 Å². The lowest BCUT2D eigenvalue weighted by Gasteiger charge is -2.33. The van der Waals surface area contributed by atoms with Crippen LogP contribution in [0, 0.1) is 13.8 Å². The number of aryl methyl sites for hydroxylation is 2. The molecule has 230 valence electrons. The Bertz CT molecular complexity index is 1530. The molecule has 0 unspecified atom stereocenters. The smallest absolute Gasteiger partial charge is 0.264 e. The summed E-state index contributed by atoms with van der Waals surface area (Å²) in [7, 11) is -1.25. The number of carbonyl (C=O) groups is 2. The molecule has 43 heavy (non-hydrogen) atoms. The van der Waals surface area contributed by atoms with Crippen LogP contribution in [0.25, 0.3) is 0 Å². The predicted molar refractivity (Wildman–Crippen MR) is 167 cm³/mol. The van der Waals surface area contributed by atoms with Crippen molar-refractivity contribution in [3.8, 4) is 11.5 Å². The summed E-state index contributed by atoms with van der Waals surface area (Å²) in [6.07, 6.45) is 3.93. The van der Waals surface area contributed by atoms with Gasteiger partial charge in [0, 0.05) is 18.7 Å². The lowest BCUT2D eigenvalue weighted by Crippen LogP contribution is -2.52. The van der Waals surface area contributed by atoms with Gasteiger partial charge in [-0.1, -0.05) is 54.8 Å². The van der Waals surface area contributed by atoms with Gasteiger partial charge in [0.1, 0.15) is 12.6 Å². The minimum Gasteiger partial charge on any atom is -0.493 e. The molecule has 3 aromatic rings. The molecule has 1 aliphatic carbocycles. The van der Waals surface area contributed by atoms with Crippen molar-refractivity contribution >= 4 is 27.5 Å². The fourth-order valence-electron chi connectivity index (χ4n) is 5.29. The van der Waals surface area contributed by atoms with Gasteiger partial charge in [-0.25, -0.2) is 8.42 Å². The maximum Gasteiger partial charge on any atom is 0.264 e. The summed E-state index contributed by atoms with van der Waals surface area (Å²) in [4.78, 5) is 29.1. The Morgan fingerprint density at radius 3 is 2.21 bits per heavy atom. The average molecular weight is 608 g/mol. The normalized spacial score (nSPS) is 14.2. The molecule has 0 saturated heterocycles. The number of methoxy groups -OCH3 is 2. The SMILES string of the molecule is COc1ccc(N(CC(=O)N(Cc2ccccc2C)[C@H](C)C(=O)NC2CCCC2)S(=O)(=O)c2ccc(C)cc2)cc1OC. The first-order valence-corrected chi connectivity index (χ1v) is 15.9. The monoisotopic (exact) mass is 607 g/mol. The molecule has 0 aliphatic heterocycles. The molecule has 0 heterocycles. The summed E-state index contributed by atoms with van der Waals surface area (Å²) in [5, 5.41) is 3.09. The van der Waals surface area contributed by atoms with Crippen LogP contribution in [-0.4, -0.2) is 58.0 Å². The quantitative estimate of drug-likeness (QED) is 0.311. The minimum absolute atomic E-state index is 0.0400. The number of hydrogen-bond donors (Lipinski definition) is 1. The van der Waals surface area contributed by atoms with Gasteiger partial charge in [-0.3, -0.25) is 13.9 Å². The number of hydrogen-bond acceptors (Lipinski definition) is 6. The molecule has 1 fully saturated rings. The van der Waals surface area contributed by atoms with Crippen molar-refractivity contribution in [3.63, 3.8) is 0 Å². The largest absolute Gasteiger partial charge is 0.493 e. The summed E-state index contributed by atoms with van der Waals surface area (Å²) in [6, 6.07) is 18.0. The third-order valence-electron chi connectivity index (χ3n) is 8.01. The van der Waals surface area contributed by atoms with Gasteiger partial charge in [-0.15, -0.1) is 0 Å². The third kappa shape index (κ3) is 7.48. The van der Waals surface area contributed by atoms with Crippen LogP contribution in [-0.2, 0) is 26.2 Å². The van der Waals surface area contributed by atoms with E-state index in [0.717, 1.165) is 46.7 Å².